The zero-order valence-electron chi connectivity index (χ0n) is 13.7. The average molecular weight is 297 g/mol. The minimum absolute atomic E-state index is 0.0268. The number of hydrogen-bond acceptors (Lipinski definition) is 3. The molecule has 1 aliphatic carbocycles. The zero-order chi connectivity index (χ0) is 15.9. The van der Waals surface area contributed by atoms with Gasteiger partial charge in [0, 0.05) is 31.0 Å². The van der Waals surface area contributed by atoms with E-state index in [0.29, 0.717) is 31.3 Å². The normalized spacial score (nSPS) is 22.7. The van der Waals surface area contributed by atoms with Crippen LogP contribution < -0.4 is 16.4 Å². The van der Waals surface area contributed by atoms with Gasteiger partial charge in [-0.15, -0.1) is 0 Å². The number of amides is 2. The van der Waals surface area contributed by atoms with Gasteiger partial charge in [0.15, 0.2) is 0 Å². The number of nitrogens with one attached hydrogen (secondary N) is 2. The third-order valence-corrected chi connectivity index (χ3v) is 3.79. The van der Waals surface area contributed by atoms with Crippen molar-refractivity contribution in [2.24, 2.45) is 11.7 Å². The summed E-state index contributed by atoms with van der Waals surface area (Å²) >= 11 is 0. The highest BCUT2D eigenvalue weighted by atomic mass is 16.2. The summed E-state index contributed by atoms with van der Waals surface area (Å²) < 4.78 is 0. The van der Waals surface area contributed by atoms with E-state index < -0.39 is 0 Å². The van der Waals surface area contributed by atoms with Gasteiger partial charge in [-0.3, -0.25) is 9.59 Å². The fourth-order valence-corrected chi connectivity index (χ4v) is 2.81. The molecule has 0 aliphatic heterocycles. The second-order valence-corrected chi connectivity index (χ2v) is 7.23. The van der Waals surface area contributed by atoms with Crippen LogP contribution in [-0.2, 0) is 9.59 Å². The summed E-state index contributed by atoms with van der Waals surface area (Å²) in [6.45, 7) is 6.24. The number of rotatable bonds is 6. The average Bonchev–Trinajstić information content (AvgIpc) is 2.34. The third-order valence-electron chi connectivity index (χ3n) is 3.79. The van der Waals surface area contributed by atoms with E-state index in [2.05, 4.69) is 10.6 Å². The summed E-state index contributed by atoms with van der Waals surface area (Å²) in [6, 6.07) is 0.313. The lowest BCUT2D eigenvalue weighted by Crippen LogP contribution is -2.42. The van der Waals surface area contributed by atoms with Gasteiger partial charge >= 0.3 is 0 Å². The minimum atomic E-state index is -0.221. The van der Waals surface area contributed by atoms with Crippen molar-refractivity contribution in [3.05, 3.63) is 0 Å². The van der Waals surface area contributed by atoms with Gasteiger partial charge < -0.3 is 16.4 Å². The first kappa shape index (κ1) is 18.0. The van der Waals surface area contributed by atoms with E-state index in [1.165, 1.54) is 12.8 Å². The Morgan fingerprint density at radius 2 is 1.86 bits per heavy atom. The molecule has 2 atom stereocenters. The van der Waals surface area contributed by atoms with Gasteiger partial charge in [-0.2, -0.15) is 0 Å². The lowest BCUT2D eigenvalue weighted by molar-refractivity contribution is -0.123. The summed E-state index contributed by atoms with van der Waals surface area (Å²) in [5, 5.41) is 5.70. The van der Waals surface area contributed by atoms with E-state index in [-0.39, 0.29) is 17.4 Å². The van der Waals surface area contributed by atoms with Crippen LogP contribution in [0.15, 0.2) is 0 Å². The van der Waals surface area contributed by atoms with Crippen molar-refractivity contribution in [1.82, 2.24) is 10.6 Å². The number of carbonyl (C=O) groups excluding carboxylic acids is 2. The van der Waals surface area contributed by atoms with Crippen LogP contribution in [-0.4, -0.2) is 29.9 Å². The monoisotopic (exact) mass is 297 g/mol. The molecule has 21 heavy (non-hydrogen) atoms. The van der Waals surface area contributed by atoms with E-state index in [1.807, 2.05) is 20.8 Å². The van der Waals surface area contributed by atoms with Crippen LogP contribution in [0.3, 0.4) is 0 Å². The molecule has 0 heterocycles. The Balaban J connectivity index is 2.10. The van der Waals surface area contributed by atoms with E-state index >= 15 is 0 Å². The zero-order valence-corrected chi connectivity index (χ0v) is 13.7. The molecule has 1 saturated carbocycles. The molecule has 0 radical (unpaired) electrons. The maximum absolute atomic E-state index is 11.8. The van der Waals surface area contributed by atoms with Gasteiger partial charge in [0.05, 0.1) is 0 Å². The maximum atomic E-state index is 11.8. The van der Waals surface area contributed by atoms with Crippen molar-refractivity contribution in [1.29, 1.82) is 0 Å². The SMILES string of the molecule is CC(C)(C)NC(=O)CCNC(=O)CCC1CCCC(N)C1. The first-order valence-corrected chi connectivity index (χ1v) is 8.09. The molecule has 0 aromatic carbocycles. The molecule has 0 bridgehead atoms. The topological polar surface area (TPSA) is 84.2 Å². The van der Waals surface area contributed by atoms with E-state index in [1.54, 1.807) is 0 Å². The number of nitrogens with two attached hydrogens (primary N) is 1. The van der Waals surface area contributed by atoms with Crippen molar-refractivity contribution < 1.29 is 9.59 Å². The molecule has 0 aromatic rings. The molecule has 122 valence electrons. The number of carbonyl (C=O) groups is 2. The van der Waals surface area contributed by atoms with Crippen LogP contribution in [0.2, 0.25) is 0 Å². The summed E-state index contributed by atoms with van der Waals surface area (Å²) in [6.07, 6.45) is 6.31. The van der Waals surface area contributed by atoms with Crippen LogP contribution >= 0.6 is 0 Å². The molecule has 0 saturated heterocycles. The van der Waals surface area contributed by atoms with Gasteiger partial charge in [0.25, 0.3) is 0 Å². The Hall–Kier alpha value is -1.10. The fourth-order valence-electron chi connectivity index (χ4n) is 2.81. The van der Waals surface area contributed by atoms with Gasteiger partial charge in [-0.1, -0.05) is 12.8 Å². The highest BCUT2D eigenvalue weighted by Gasteiger charge is 2.20. The Morgan fingerprint density at radius 3 is 2.48 bits per heavy atom. The van der Waals surface area contributed by atoms with Crippen LogP contribution in [0.4, 0.5) is 0 Å². The molecule has 1 fully saturated rings. The second-order valence-electron chi connectivity index (χ2n) is 7.23. The number of hydrogen-bond donors (Lipinski definition) is 3. The first-order chi connectivity index (χ1) is 9.76. The minimum Gasteiger partial charge on any atom is -0.356 e. The van der Waals surface area contributed by atoms with E-state index in [0.717, 1.165) is 19.3 Å². The summed E-state index contributed by atoms with van der Waals surface area (Å²) in [4.78, 5) is 23.4. The Morgan fingerprint density at radius 1 is 1.14 bits per heavy atom. The summed E-state index contributed by atoms with van der Waals surface area (Å²) in [5.41, 5.74) is 5.73. The highest BCUT2D eigenvalue weighted by molar-refractivity contribution is 5.79. The lowest BCUT2D eigenvalue weighted by atomic mass is 9.83. The van der Waals surface area contributed by atoms with Gasteiger partial charge in [0.1, 0.15) is 0 Å². The van der Waals surface area contributed by atoms with Gasteiger partial charge in [-0.05, 0) is 46.0 Å². The van der Waals surface area contributed by atoms with Crippen molar-refractivity contribution >= 4 is 11.8 Å². The standard InChI is InChI=1S/C16H31N3O2/c1-16(2,3)19-15(21)9-10-18-14(20)8-7-12-5-4-6-13(17)11-12/h12-13H,4-11,17H2,1-3H3,(H,18,20)(H,19,21). The van der Waals surface area contributed by atoms with Crippen LogP contribution in [0.1, 0.15) is 65.7 Å². The molecule has 0 spiro atoms. The van der Waals surface area contributed by atoms with Crippen LogP contribution in [0, 0.1) is 5.92 Å². The van der Waals surface area contributed by atoms with E-state index in [9.17, 15) is 9.59 Å². The Bertz CT molecular complexity index is 350. The van der Waals surface area contributed by atoms with Crippen molar-refractivity contribution in [2.75, 3.05) is 6.54 Å². The predicted octanol–water partition coefficient (Wildman–Crippen LogP) is 1.71. The Labute approximate surface area is 128 Å². The molecule has 0 aromatic heterocycles. The molecule has 2 amide bonds. The highest BCUT2D eigenvalue weighted by Crippen LogP contribution is 2.26. The molecule has 5 heteroatoms. The summed E-state index contributed by atoms with van der Waals surface area (Å²) in [5.74, 6) is 0.599. The molecular formula is C16H31N3O2. The quantitative estimate of drug-likeness (QED) is 0.697. The van der Waals surface area contributed by atoms with Crippen molar-refractivity contribution in [2.45, 2.75) is 77.3 Å². The van der Waals surface area contributed by atoms with Crippen molar-refractivity contribution in [3.8, 4) is 0 Å². The van der Waals surface area contributed by atoms with E-state index in [4.69, 9.17) is 5.73 Å². The van der Waals surface area contributed by atoms with Crippen LogP contribution in [0.5, 0.6) is 0 Å². The largest absolute Gasteiger partial charge is 0.356 e. The third kappa shape index (κ3) is 8.71. The van der Waals surface area contributed by atoms with Crippen LogP contribution in [0.25, 0.3) is 0 Å². The fraction of sp³-hybridized carbons (Fsp3) is 0.875. The molecule has 2 unspecified atom stereocenters. The molecule has 4 N–H and O–H groups in total. The first-order valence-electron chi connectivity index (χ1n) is 8.09. The molecule has 1 rings (SSSR count). The van der Waals surface area contributed by atoms with Gasteiger partial charge in [-0.25, -0.2) is 0 Å². The summed E-state index contributed by atoms with van der Waals surface area (Å²) in [7, 11) is 0. The second kappa shape index (κ2) is 8.37. The van der Waals surface area contributed by atoms with Crippen molar-refractivity contribution in [3.63, 3.8) is 0 Å². The molecule has 5 nitrogen and oxygen atoms in total. The smallest absolute Gasteiger partial charge is 0.222 e. The maximum Gasteiger partial charge on any atom is 0.222 e. The molecule has 1 aliphatic rings. The molecular weight excluding hydrogens is 266 g/mol. The lowest BCUT2D eigenvalue weighted by Gasteiger charge is -2.26. The predicted molar refractivity (Wildman–Crippen MR) is 84.7 cm³/mol. The van der Waals surface area contributed by atoms with Gasteiger partial charge in [0.2, 0.25) is 11.8 Å². The Kier molecular flexibility index (Phi) is 7.15.